The number of hydrogen-bond acceptors (Lipinski definition) is 5. The molecule has 176 valence electrons. The predicted octanol–water partition coefficient (Wildman–Crippen LogP) is 4.57. The van der Waals surface area contributed by atoms with Crippen LogP contribution in [0.15, 0.2) is 58.4 Å². The van der Waals surface area contributed by atoms with Crippen LogP contribution in [-0.4, -0.2) is 62.9 Å². The third kappa shape index (κ3) is 4.71. The molecule has 0 unspecified atom stereocenters. The first kappa shape index (κ1) is 22.5. The minimum absolute atomic E-state index is 0.356. The van der Waals surface area contributed by atoms with Gasteiger partial charge in [0.25, 0.3) is 10.0 Å². The fraction of sp³-hybridized carbons (Fsp3) is 0.480. The highest BCUT2D eigenvalue weighted by Crippen LogP contribution is 2.33. The maximum atomic E-state index is 13.5. The first-order valence-corrected chi connectivity index (χ1v) is 13.8. The topological polar surface area (TPSA) is 56.2 Å². The van der Waals surface area contributed by atoms with Crippen molar-refractivity contribution in [3.63, 3.8) is 0 Å². The van der Waals surface area contributed by atoms with Gasteiger partial charge in [-0.1, -0.05) is 49.1 Å². The molecule has 2 aromatic carbocycles. The van der Waals surface area contributed by atoms with Gasteiger partial charge in [-0.2, -0.15) is 0 Å². The van der Waals surface area contributed by atoms with E-state index in [2.05, 4.69) is 20.9 Å². The number of hydrogen-bond donors (Lipinski definition) is 0. The number of anilines is 1. The van der Waals surface area contributed by atoms with Crippen LogP contribution in [0.25, 0.3) is 0 Å². The molecular formula is C25H31ClN4O2S. The summed E-state index contributed by atoms with van der Waals surface area (Å²) in [6.07, 6.45) is 6.26. The lowest BCUT2D eigenvalue weighted by Crippen LogP contribution is -2.53. The molecule has 1 saturated carbocycles. The summed E-state index contributed by atoms with van der Waals surface area (Å²) in [4.78, 5) is 9.32. The molecule has 0 bridgehead atoms. The highest BCUT2D eigenvalue weighted by atomic mass is 35.5. The Morgan fingerprint density at radius 3 is 2.24 bits per heavy atom. The van der Waals surface area contributed by atoms with Gasteiger partial charge in [0.05, 0.1) is 18.0 Å². The first-order valence-electron chi connectivity index (χ1n) is 11.9. The van der Waals surface area contributed by atoms with Crippen LogP contribution in [0.1, 0.15) is 43.6 Å². The molecule has 1 saturated heterocycles. The number of rotatable bonds is 4. The monoisotopic (exact) mass is 486 g/mol. The van der Waals surface area contributed by atoms with Crippen LogP contribution >= 0.6 is 11.6 Å². The van der Waals surface area contributed by atoms with Crippen LogP contribution in [0.2, 0.25) is 5.02 Å². The largest absolute Gasteiger partial charge is 0.368 e. The molecule has 0 N–H and O–H groups in total. The Bertz CT molecular complexity index is 1110. The Morgan fingerprint density at radius 1 is 0.848 bits per heavy atom. The van der Waals surface area contributed by atoms with E-state index in [0.717, 1.165) is 36.9 Å². The molecule has 5 rings (SSSR count). The third-order valence-corrected chi connectivity index (χ3v) is 9.09. The Morgan fingerprint density at radius 2 is 1.55 bits per heavy atom. The Labute approximate surface area is 201 Å². The number of benzene rings is 2. The zero-order valence-corrected chi connectivity index (χ0v) is 20.4. The first-order chi connectivity index (χ1) is 16.0. The van der Waals surface area contributed by atoms with Gasteiger partial charge >= 0.3 is 0 Å². The van der Waals surface area contributed by atoms with Crippen molar-refractivity contribution in [3.8, 4) is 0 Å². The van der Waals surface area contributed by atoms with Gasteiger partial charge in [-0.05, 0) is 54.7 Å². The molecule has 2 fully saturated rings. The molecule has 3 aliphatic rings. The SMILES string of the molecule is O=S(=O)(c1ccc(C2CCCCC2)cc1)N1CCN=C1N1CCN(c2cccc(Cl)c2)CC1. The lowest BCUT2D eigenvalue weighted by Gasteiger charge is -2.39. The molecule has 0 radical (unpaired) electrons. The van der Waals surface area contributed by atoms with E-state index >= 15 is 0 Å². The Kier molecular flexibility index (Phi) is 6.52. The number of guanidine groups is 1. The minimum Gasteiger partial charge on any atom is -0.368 e. The fourth-order valence-electron chi connectivity index (χ4n) is 5.22. The smallest absolute Gasteiger partial charge is 0.266 e. The lowest BCUT2D eigenvalue weighted by molar-refractivity contribution is 0.358. The van der Waals surface area contributed by atoms with E-state index in [1.54, 1.807) is 12.1 Å². The number of aliphatic imine (C=N–C) groups is 1. The van der Waals surface area contributed by atoms with Gasteiger partial charge in [0.15, 0.2) is 0 Å². The maximum Gasteiger partial charge on any atom is 0.266 e. The summed E-state index contributed by atoms with van der Waals surface area (Å²) in [6, 6.07) is 15.5. The van der Waals surface area contributed by atoms with Gasteiger partial charge in [-0.25, -0.2) is 12.7 Å². The van der Waals surface area contributed by atoms with E-state index in [4.69, 9.17) is 11.6 Å². The van der Waals surface area contributed by atoms with Crippen LogP contribution in [0, 0.1) is 0 Å². The van der Waals surface area contributed by atoms with Crippen molar-refractivity contribution in [3.05, 3.63) is 59.1 Å². The molecule has 2 aromatic rings. The highest BCUT2D eigenvalue weighted by molar-refractivity contribution is 7.89. The standard InChI is InChI=1S/C25H31ClN4O2S/c26-22-7-4-8-23(19-22)28-15-17-29(18-16-28)25-27-13-14-30(25)33(31,32)24-11-9-21(10-12-24)20-5-2-1-3-6-20/h4,7-12,19-20H,1-3,5-6,13-18H2. The van der Waals surface area contributed by atoms with Crippen molar-refractivity contribution >= 4 is 33.3 Å². The molecule has 8 heteroatoms. The van der Waals surface area contributed by atoms with Crippen molar-refractivity contribution in [2.24, 2.45) is 4.99 Å². The van der Waals surface area contributed by atoms with Gasteiger partial charge in [0.2, 0.25) is 5.96 Å². The molecule has 1 aliphatic carbocycles. The molecule has 0 atom stereocenters. The minimum atomic E-state index is -3.63. The van der Waals surface area contributed by atoms with E-state index in [-0.39, 0.29) is 0 Å². The van der Waals surface area contributed by atoms with Gasteiger partial charge < -0.3 is 9.80 Å². The molecular weight excluding hydrogens is 456 g/mol. The van der Waals surface area contributed by atoms with Gasteiger partial charge in [-0.15, -0.1) is 0 Å². The van der Waals surface area contributed by atoms with Crippen LogP contribution < -0.4 is 4.90 Å². The van der Waals surface area contributed by atoms with Crippen molar-refractivity contribution in [2.75, 3.05) is 44.2 Å². The normalized spacial score (nSPS) is 20.3. The summed E-state index contributed by atoms with van der Waals surface area (Å²) >= 11 is 6.15. The molecule has 2 heterocycles. The van der Waals surface area contributed by atoms with Crippen molar-refractivity contribution < 1.29 is 8.42 Å². The van der Waals surface area contributed by atoms with Crippen LogP contribution in [-0.2, 0) is 10.0 Å². The molecule has 0 amide bonds. The van der Waals surface area contributed by atoms with Crippen molar-refractivity contribution in [2.45, 2.75) is 42.9 Å². The van der Waals surface area contributed by atoms with Crippen molar-refractivity contribution in [1.82, 2.24) is 9.21 Å². The number of piperazine rings is 1. The van der Waals surface area contributed by atoms with E-state index < -0.39 is 10.0 Å². The summed E-state index contributed by atoms with van der Waals surface area (Å²) in [5.41, 5.74) is 2.36. The van der Waals surface area contributed by atoms with Gasteiger partial charge in [0, 0.05) is 36.9 Å². The number of sulfonamides is 1. The lowest BCUT2D eigenvalue weighted by atomic mass is 9.84. The van der Waals surface area contributed by atoms with E-state index in [1.807, 2.05) is 30.3 Å². The van der Waals surface area contributed by atoms with Crippen LogP contribution in [0.4, 0.5) is 5.69 Å². The van der Waals surface area contributed by atoms with Gasteiger partial charge in [0.1, 0.15) is 0 Å². The van der Waals surface area contributed by atoms with E-state index in [9.17, 15) is 8.42 Å². The molecule has 2 aliphatic heterocycles. The quantitative estimate of drug-likeness (QED) is 0.635. The summed E-state index contributed by atoms with van der Waals surface area (Å²) in [6.45, 7) is 3.93. The molecule has 0 spiro atoms. The Hall–Kier alpha value is -2.25. The summed E-state index contributed by atoms with van der Waals surface area (Å²) in [5, 5.41) is 0.724. The second-order valence-corrected chi connectivity index (χ2v) is 11.4. The van der Waals surface area contributed by atoms with E-state index in [0.29, 0.717) is 29.9 Å². The van der Waals surface area contributed by atoms with Crippen LogP contribution in [0.5, 0.6) is 0 Å². The molecule has 6 nitrogen and oxygen atoms in total. The second-order valence-electron chi connectivity index (χ2n) is 9.12. The van der Waals surface area contributed by atoms with Crippen LogP contribution in [0.3, 0.4) is 0 Å². The molecule has 33 heavy (non-hydrogen) atoms. The van der Waals surface area contributed by atoms with Gasteiger partial charge in [-0.3, -0.25) is 4.99 Å². The summed E-state index contributed by atoms with van der Waals surface area (Å²) in [5.74, 6) is 1.15. The zero-order chi connectivity index (χ0) is 22.8. The number of nitrogens with zero attached hydrogens (tertiary/aromatic N) is 4. The summed E-state index contributed by atoms with van der Waals surface area (Å²) < 4.78 is 28.5. The van der Waals surface area contributed by atoms with E-state index in [1.165, 1.54) is 42.0 Å². The third-order valence-electron chi connectivity index (χ3n) is 7.06. The fourth-order valence-corrected chi connectivity index (χ4v) is 6.85. The Balaban J connectivity index is 1.27. The summed E-state index contributed by atoms with van der Waals surface area (Å²) in [7, 11) is -3.63. The predicted molar refractivity (Wildman–Crippen MR) is 134 cm³/mol. The number of halogens is 1. The average molecular weight is 487 g/mol. The van der Waals surface area contributed by atoms with Crippen molar-refractivity contribution in [1.29, 1.82) is 0 Å². The average Bonchev–Trinajstić information content (AvgIpc) is 3.36. The zero-order valence-electron chi connectivity index (χ0n) is 18.9. The highest BCUT2D eigenvalue weighted by Gasteiger charge is 2.35. The maximum absolute atomic E-state index is 13.5. The second kappa shape index (κ2) is 9.55. The molecule has 0 aromatic heterocycles.